The van der Waals surface area contributed by atoms with Crippen molar-refractivity contribution in [2.24, 2.45) is 0 Å². The molecule has 6 heterocycles. The molecule has 2 amide bonds. The number of aromatic nitrogens is 4. The molecule has 0 atom stereocenters. The molecule has 2 aromatic heterocycles. The van der Waals surface area contributed by atoms with Crippen molar-refractivity contribution in [3.8, 4) is 33.6 Å². The first-order chi connectivity index (χ1) is 24.2. The van der Waals surface area contributed by atoms with E-state index in [1.807, 2.05) is 50.5 Å². The Morgan fingerprint density at radius 3 is 1.44 bits per heavy atom. The molecule has 14 heteroatoms. The first kappa shape index (κ1) is 32.8. The Hall–Kier alpha value is -4.36. The number of likely N-dealkylation sites (tertiary alicyclic amines) is 2. The third kappa shape index (κ3) is 5.93. The molecule has 0 bridgehead atoms. The highest BCUT2D eigenvalue weighted by atomic mass is 35.5. The molecular formula is C36H38Cl2N10O2. The number of anilines is 2. The highest BCUT2D eigenvalue weighted by Gasteiger charge is 2.48. The van der Waals surface area contributed by atoms with Crippen molar-refractivity contribution in [1.29, 1.82) is 0 Å². The molecule has 0 unspecified atom stereocenters. The summed E-state index contributed by atoms with van der Waals surface area (Å²) in [6, 6.07) is 11.6. The maximum atomic E-state index is 11.7. The van der Waals surface area contributed by atoms with Crippen molar-refractivity contribution in [1.82, 2.24) is 40.4 Å². The number of halogens is 2. The average Bonchev–Trinajstić information content (AvgIpc) is 3.68. The summed E-state index contributed by atoms with van der Waals surface area (Å²) in [6.07, 6.45) is 6.48. The lowest BCUT2D eigenvalue weighted by Gasteiger charge is -2.47. The van der Waals surface area contributed by atoms with Crippen LogP contribution in [0.4, 0.5) is 11.6 Å². The second-order valence-electron chi connectivity index (χ2n) is 13.9. The Bertz CT molecular complexity index is 1870. The third-order valence-electron chi connectivity index (χ3n) is 10.3. The van der Waals surface area contributed by atoms with Gasteiger partial charge >= 0.3 is 0 Å². The molecule has 4 aromatic rings. The summed E-state index contributed by atoms with van der Waals surface area (Å²) in [4.78, 5) is 47.4. The van der Waals surface area contributed by atoms with E-state index in [2.05, 4.69) is 31.1 Å². The predicted molar refractivity (Wildman–Crippen MR) is 194 cm³/mol. The smallest absolute Gasteiger partial charge is 0.220 e. The van der Waals surface area contributed by atoms with Gasteiger partial charge in [-0.1, -0.05) is 59.6 Å². The van der Waals surface area contributed by atoms with Crippen molar-refractivity contribution in [3.05, 3.63) is 70.2 Å². The van der Waals surface area contributed by atoms with Crippen LogP contribution in [0, 0.1) is 0 Å². The Morgan fingerprint density at radius 1 is 0.680 bits per heavy atom. The summed E-state index contributed by atoms with van der Waals surface area (Å²) in [6.45, 7) is 4.51. The number of rotatable bonds is 9. The molecule has 50 heavy (non-hydrogen) atoms. The first-order valence-electron chi connectivity index (χ1n) is 16.9. The van der Waals surface area contributed by atoms with Gasteiger partial charge in [0.1, 0.15) is 11.6 Å². The molecule has 12 nitrogen and oxygen atoms in total. The second kappa shape index (κ2) is 12.8. The SMILES string of the molecule is CNc1nc(-c2cccc(-c3cccc(-c4cnc(CN5CC6(CCC(=O)N6)C5)c(NC)n4)c3Cl)c2Cl)cnc1CN1CC2(CCC(=O)N2)C1. The zero-order chi connectivity index (χ0) is 34.6. The van der Waals surface area contributed by atoms with E-state index in [1.165, 1.54) is 0 Å². The average molecular weight is 714 g/mol. The zero-order valence-corrected chi connectivity index (χ0v) is 29.5. The molecule has 258 valence electrons. The van der Waals surface area contributed by atoms with Crippen LogP contribution in [0.2, 0.25) is 10.0 Å². The van der Waals surface area contributed by atoms with E-state index in [4.69, 9.17) is 43.1 Å². The van der Waals surface area contributed by atoms with Crippen LogP contribution in [0.25, 0.3) is 33.6 Å². The van der Waals surface area contributed by atoms with Gasteiger partial charge in [0.15, 0.2) is 0 Å². The van der Waals surface area contributed by atoms with Crippen LogP contribution in [0.5, 0.6) is 0 Å². The first-order valence-corrected chi connectivity index (χ1v) is 17.6. The van der Waals surface area contributed by atoms with Gasteiger partial charge in [0.25, 0.3) is 0 Å². The monoisotopic (exact) mass is 712 g/mol. The summed E-state index contributed by atoms with van der Waals surface area (Å²) in [5, 5.41) is 13.7. The van der Waals surface area contributed by atoms with Gasteiger partial charge in [0.05, 0.1) is 56.3 Å². The van der Waals surface area contributed by atoms with E-state index in [0.717, 1.165) is 72.7 Å². The molecule has 4 saturated heterocycles. The van der Waals surface area contributed by atoms with Crippen molar-refractivity contribution in [2.75, 3.05) is 50.9 Å². The van der Waals surface area contributed by atoms with Gasteiger partial charge in [0.2, 0.25) is 11.8 Å². The molecule has 4 fully saturated rings. The third-order valence-corrected chi connectivity index (χ3v) is 11.1. The molecule has 4 N–H and O–H groups in total. The van der Waals surface area contributed by atoms with Crippen LogP contribution in [0.15, 0.2) is 48.8 Å². The van der Waals surface area contributed by atoms with E-state index >= 15 is 0 Å². The minimum atomic E-state index is -0.0862. The Balaban J connectivity index is 1.01. The molecular weight excluding hydrogens is 675 g/mol. The molecule has 0 aliphatic carbocycles. The largest absolute Gasteiger partial charge is 0.372 e. The number of nitrogens with zero attached hydrogens (tertiary/aromatic N) is 6. The lowest BCUT2D eigenvalue weighted by Crippen LogP contribution is -2.66. The molecule has 2 spiro atoms. The summed E-state index contributed by atoms with van der Waals surface area (Å²) in [7, 11) is 3.67. The van der Waals surface area contributed by atoms with Crippen LogP contribution in [-0.4, -0.2) is 92.9 Å². The predicted octanol–water partition coefficient (Wildman–Crippen LogP) is 4.59. The standard InChI is InChI=1S/C36H38Cl2N10O2/c1-39-33-27(15-47-17-35(18-47)11-9-29(49)45-35)41-13-25(43-33)23-7-3-5-21(31(23)37)22-6-4-8-24(32(22)38)26-14-42-28(34(40-2)44-26)16-48-19-36(20-48)12-10-30(50)46-36/h3-8,13-14H,9-12,15-20H2,1-2H3,(H,39,43)(H,40,44)(H,45,49)(H,46,50). The van der Waals surface area contributed by atoms with E-state index in [0.29, 0.717) is 59.0 Å². The minimum Gasteiger partial charge on any atom is -0.372 e. The van der Waals surface area contributed by atoms with E-state index in [1.54, 1.807) is 12.4 Å². The summed E-state index contributed by atoms with van der Waals surface area (Å²) >= 11 is 14.2. The Labute approximate surface area is 300 Å². The van der Waals surface area contributed by atoms with Gasteiger partial charge in [0, 0.05) is 88.5 Å². The lowest BCUT2D eigenvalue weighted by atomic mass is 9.88. The van der Waals surface area contributed by atoms with Gasteiger partial charge in [-0.2, -0.15) is 0 Å². The number of amides is 2. The van der Waals surface area contributed by atoms with Crippen LogP contribution >= 0.6 is 23.2 Å². The van der Waals surface area contributed by atoms with Gasteiger partial charge in [-0.25, -0.2) is 9.97 Å². The van der Waals surface area contributed by atoms with Crippen LogP contribution in [0.1, 0.15) is 37.1 Å². The maximum absolute atomic E-state index is 11.7. The van der Waals surface area contributed by atoms with Crippen LogP contribution in [0.3, 0.4) is 0 Å². The molecule has 4 aliphatic rings. The number of hydrogen-bond donors (Lipinski definition) is 4. The van der Waals surface area contributed by atoms with Crippen molar-refractivity contribution >= 4 is 46.7 Å². The summed E-state index contributed by atoms with van der Waals surface area (Å²) in [5.41, 5.74) is 5.79. The molecule has 2 aromatic carbocycles. The van der Waals surface area contributed by atoms with Gasteiger partial charge < -0.3 is 21.3 Å². The lowest BCUT2D eigenvalue weighted by molar-refractivity contribution is -0.121. The second-order valence-corrected chi connectivity index (χ2v) is 14.6. The van der Waals surface area contributed by atoms with E-state index in [-0.39, 0.29) is 22.9 Å². The number of benzene rings is 2. The molecule has 8 rings (SSSR count). The molecule has 0 saturated carbocycles. The number of carbonyl (C=O) groups is 2. The fraction of sp³-hybridized carbons (Fsp3) is 0.389. The quantitative estimate of drug-likeness (QED) is 0.195. The minimum absolute atomic E-state index is 0.0862. The van der Waals surface area contributed by atoms with Crippen molar-refractivity contribution < 1.29 is 9.59 Å². The van der Waals surface area contributed by atoms with Crippen LogP contribution in [-0.2, 0) is 22.7 Å². The number of hydrogen-bond acceptors (Lipinski definition) is 10. The fourth-order valence-corrected chi connectivity index (χ4v) is 8.53. The summed E-state index contributed by atoms with van der Waals surface area (Å²) in [5.74, 6) is 1.64. The number of carbonyl (C=O) groups excluding carboxylic acids is 2. The van der Waals surface area contributed by atoms with Crippen molar-refractivity contribution in [2.45, 2.75) is 49.9 Å². The number of nitrogens with one attached hydrogen (secondary N) is 4. The van der Waals surface area contributed by atoms with Crippen molar-refractivity contribution in [3.63, 3.8) is 0 Å². The highest BCUT2D eigenvalue weighted by molar-refractivity contribution is 6.39. The highest BCUT2D eigenvalue weighted by Crippen LogP contribution is 2.42. The van der Waals surface area contributed by atoms with E-state index in [9.17, 15) is 9.59 Å². The van der Waals surface area contributed by atoms with Gasteiger partial charge in [-0.3, -0.25) is 29.4 Å². The maximum Gasteiger partial charge on any atom is 0.220 e. The van der Waals surface area contributed by atoms with E-state index < -0.39 is 0 Å². The normalized spacial score (nSPS) is 19.3. The van der Waals surface area contributed by atoms with Gasteiger partial charge in [-0.05, 0) is 12.8 Å². The topological polar surface area (TPSA) is 140 Å². The Kier molecular flexibility index (Phi) is 8.37. The zero-order valence-electron chi connectivity index (χ0n) is 27.9. The van der Waals surface area contributed by atoms with Crippen LogP contribution < -0.4 is 21.3 Å². The van der Waals surface area contributed by atoms with Gasteiger partial charge in [-0.15, -0.1) is 0 Å². The Morgan fingerprint density at radius 2 is 1.08 bits per heavy atom. The molecule has 4 aliphatic heterocycles. The molecule has 0 radical (unpaired) electrons. The fourth-order valence-electron chi connectivity index (χ4n) is 7.88. The summed E-state index contributed by atoms with van der Waals surface area (Å²) < 4.78 is 0.